The lowest BCUT2D eigenvalue weighted by atomic mass is 10.2. The van der Waals surface area contributed by atoms with Gasteiger partial charge in [-0.1, -0.05) is 31.1 Å². The van der Waals surface area contributed by atoms with Crippen LogP contribution in [-0.4, -0.2) is 40.2 Å². The molecular weight excluding hydrogens is 360 g/mol. The van der Waals surface area contributed by atoms with Crippen LogP contribution in [-0.2, 0) is 17.6 Å². The molecule has 3 rings (SSSR count). The second-order valence-electron chi connectivity index (χ2n) is 5.69. The van der Waals surface area contributed by atoms with E-state index in [2.05, 4.69) is 32.7 Å². The predicted molar refractivity (Wildman–Crippen MR) is 98.3 cm³/mol. The van der Waals surface area contributed by atoms with Crippen LogP contribution in [0.2, 0.25) is 0 Å². The van der Waals surface area contributed by atoms with Crippen LogP contribution in [0.1, 0.15) is 36.9 Å². The van der Waals surface area contributed by atoms with Crippen LogP contribution in [0.15, 0.2) is 5.38 Å². The third-order valence-corrected chi connectivity index (χ3v) is 5.49. The number of carbonyl (C=O) groups excluding carboxylic acids is 2. The number of aryl methyl sites for hydroxylation is 1. The second kappa shape index (κ2) is 8.34. The van der Waals surface area contributed by atoms with Crippen molar-refractivity contribution in [3.8, 4) is 0 Å². The quantitative estimate of drug-likeness (QED) is 0.685. The first kappa shape index (κ1) is 17.7. The summed E-state index contributed by atoms with van der Waals surface area (Å²) in [4.78, 5) is 29.7. The highest BCUT2D eigenvalue weighted by atomic mass is 32.1. The Labute approximate surface area is 153 Å². The molecule has 0 saturated carbocycles. The van der Waals surface area contributed by atoms with Crippen molar-refractivity contribution >= 4 is 44.9 Å². The van der Waals surface area contributed by atoms with E-state index in [1.54, 1.807) is 10.3 Å². The topological polar surface area (TPSA) is 100 Å². The van der Waals surface area contributed by atoms with E-state index in [1.807, 2.05) is 0 Å². The molecule has 0 bridgehead atoms. The van der Waals surface area contributed by atoms with Crippen molar-refractivity contribution in [3.05, 3.63) is 16.1 Å². The molecule has 1 aliphatic heterocycles. The summed E-state index contributed by atoms with van der Waals surface area (Å²) in [6.45, 7) is 3.38. The molecule has 8 nitrogen and oxygen atoms in total. The molecule has 2 N–H and O–H groups in total. The van der Waals surface area contributed by atoms with Gasteiger partial charge in [0.1, 0.15) is 5.01 Å². The highest BCUT2D eigenvalue weighted by Gasteiger charge is 2.24. The number of thiazole rings is 1. The molecule has 0 aliphatic carbocycles. The zero-order valence-electron chi connectivity index (χ0n) is 13.9. The fourth-order valence-electron chi connectivity index (χ4n) is 2.41. The second-order valence-corrected chi connectivity index (χ2v) is 7.59. The first-order valence-electron chi connectivity index (χ1n) is 8.27. The molecule has 3 amide bonds. The Kier molecular flexibility index (Phi) is 5.92. The van der Waals surface area contributed by atoms with Crippen molar-refractivity contribution < 1.29 is 9.59 Å². The van der Waals surface area contributed by atoms with E-state index in [0.29, 0.717) is 29.0 Å². The van der Waals surface area contributed by atoms with Crippen LogP contribution in [0, 0.1) is 0 Å². The van der Waals surface area contributed by atoms with Crippen LogP contribution in [0.3, 0.4) is 0 Å². The van der Waals surface area contributed by atoms with Crippen molar-refractivity contribution in [1.29, 1.82) is 0 Å². The summed E-state index contributed by atoms with van der Waals surface area (Å²) >= 11 is 2.78. The first-order valence-corrected chi connectivity index (χ1v) is 9.97. The summed E-state index contributed by atoms with van der Waals surface area (Å²) < 4.78 is 0. The maximum absolute atomic E-state index is 12.1. The first-order chi connectivity index (χ1) is 12.2. The molecule has 0 radical (unpaired) electrons. The molecule has 2 aromatic heterocycles. The van der Waals surface area contributed by atoms with Gasteiger partial charge in [0.15, 0.2) is 5.13 Å². The van der Waals surface area contributed by atoms with Gasteiger partial charge < -0.3 is 10.6 Å². The average molecular weight is 380 g/mol. The third-order valence-electron chi connectivity index (χ3n) is 3.68. The van der Waals surface area contributed by atoms with E-state index < -0.39 is 0 Å². The SMILES string of the molecule is CCCCCc1nnc(NC(=O)Cc2csc(N3CCNC3=O)n2)s1. The molecule has 1 saturated heterocycles. The molecule has 10 heteroatoms. The average Bonchev–Trinajstić information content (AvgIpc) is 3.29. The molecule has 1 fully saturated rings. The van der Waals surface area contributed by atoms with Crippen LogP contribution in [0.5, 0.6) is 0 Å². The normalized spacial score (nSPS) is 14.0. The summed E-state index contributed by atoms with van der Waals surface area (Å²) in [5.41, 5.74) is 0.643. The van der Waals surface area contributed by atoms with E-state index in [1.165, 1.54) is 29.1 Å². The minimum absolute atomic E-state index is 0.144. The number of aromatic nitrogens is 3. The van der Waals surface area contributed by atoms with E-state index in [4.69, 9.17) is 0 Å². The van der Waals surface area contributed by atoms with Gasteiger partial charge in [-0.15, -0.1) is 21.5 Å². The van der Waals surface area contributed by atoms with Crippen LogP contribution < -0.4 is 15.5 Å². The van der Waals surface area contributed by atoms with E-state index in [9.17, 15) is 9.59 Å². The smallest absolute Gasteiger partial charge is 0.323 e. The lowest BCUT2D eigenvalue weighted by Gasteiger charge is -2.08. The van der Waals surface area contributed by atoms with Crippen molar-refractivity contribution in [2.45, 2.75) is 39.0 Å². The fourth-order valence-corrected chi connectivity index (χ4v) is 4.06. The molecule has 0 unspecified atom stereocenters. The molecule has 25 heavy (non-hydrogen) atoms. The zero-order valence-corrected chi connectivity index (χ0v) is 15.6. The number of hydrogen-bond acceptors (Lipinski definition) is 7. The number of amides is 3. The number of anilines is 2. The predicted octanol–water partition coefficient (Wildman–Crippen LogP) is 2.44. The van der Waals surface area contributed by atoms with Crippen molar-refractivity contribution in [2.24, 2.45) is 0 Å². The number of unbranched alkanes of at least 4 members (excludes halogenated alkanes) is 2. The number of hydrogen-bond donors (Lipinski definition) is 2. The van der Waals surface area contributed by atoms with Gasteiger partial charge in [-0.05, 0) is 6.42 Å². The Morgan fingerprint density at radius 1 is 1.40 bits per heavy atom. The van der Waals surface area contributed by atoms with Crippen LogP contribution >= 0.6 is 22.7 Å². The summed E-state index contributed by atoms with van der Waals surface area (Å²) in [6, 6.07) is -0.144. The minimum atomic E-state index is -0.181. The van der Waals surface area contributed by atoms with Crippen molar-refractivity contribution in [1.82, 2.24) is 20.5 Å². The zero-order chi connectivity index (χ0) is 17.6. The number of urea groups is 1. The highest BCUT2D eigenvalue weighted by molar-refractivity contribution is 7.15. The van der Waals surface area contributed by atoms with Gasteiger partial charge in [0.05, 0.1) is 12.1 Å². The molecule has 2 aromatic rings. The van der Waals surface area contributed by atoms with E-state index in [0.717, 1.165) is 24.3 Å². The van der Waals surface area contributed by atoms with Crippen molar-refractivity contribution in [2.75, 3.05) is 23.3 Å². The van der Waals surface area contributed by atoms with Gasteiger partial charge >= 0.3 is 6.03 Å². The van der Waals surface area contributed by atoms with Gasteiger partial charge in [0.25, 0.3) is 0 Å². The van der Waals surface area contributed by atoms with Crippen molar-refractivity contribution in [3.63, 3.8) is 0 Å². The Morgan fingerprint density at radius 2 is 2.28 bits per heavy atom. The Hall–Kier alpha value is -2.07. The standard InChI is InChI=1S/C15H20N6O2S2/c1-2-3-4-5-12-19-20-13(25-12)18-11(22)8-10-9-24-15(17-10)21-7-6-16-14(21)23/h9H,2-8H2,1H3,(H,16,23)(H,18,20,22). The largest absolute Gasteiger partial charge is 0.336 e. The minimum Gasteiger partial charge on any atom is -0.336 e. The van der Waals surface area contributed by atoms with Crippen LogP contribution in [0.25, 0.3) is 0 Å². The van der Waals surface area contributed by atoms with Gasteiger partial charge in [-0.25, -0.2) is 9.78 Å². The summed E-state index contributed by atoms with van der Waals surface area (Å²) in [5.74, 6) is -0.181. The Balaban J connectivity index is 1.51. The summed E-state index contributed by atoms with van der Waals surface area (Å²) in [6.07, 6.45) is 4.47. The molecule has 3 heterocycles. The monoisotopic (exact) mass is 380 g/mol. The lowest BCUT2D eigenvalue weighted by Crippen LogP contribution is -2.27. The Morgan fingerprint density at radius 3 is 3.04 bits per heavy atom. The number of nitrogens with one attached hydrogen (secondary N) is 2. The highest BCUT2D eigenvalue weighted by Crippen LogP contribution is 2.23. The number of nitrogens with zero attached hydrogens (tertiary/aromatic N) is 4. The van der Waals surface area contributed by atoms with Crippen LogP contribution in [0.4, 0.5) is 15.1 Å². The van der Waals surface area contributed by atoms with Gasteiger partial charge in [0, 0.05) is 24.9 Å². The maximum atomic E-state index is 12.1. The number of carbonyl (C=O) groups is 2. The molecular formula is C15H20N6O2S2. The van der Waals surface area contributed by atoms with E-state index >= 15 is 0 Å². The number of rotatable bonds is 8. The molecule has 1 aliphatic rings. The third kappa shape index (κ3) is 4.73. The lowest BCUT2D eigenvalue weighted by molar-refractivity contribution is -0.115. The fraction of sp³-hybridized carbons (Fsp3) is 0.533. The summed E-state index contributed by atoms with van der Waals surface area (Å²) in [5, 5.41) is 17.5. The molecule has 0 atom stereocenters. The molecule has 0 aromatic carbocycles. The van der Waals surface area contributed by atoms with Gasteiger partial charge in [-0.2, -0.15) is 0 Å². The van der Waals surface area contributed by atoms with Gasteiger partial charge in [0.2, 0.25) is 11.0 Å². The molecule has 0 spiro atoms. The maximum Gasteiger partial charge on any atom is 0.323 e. The van der Waals surface area contributed by atoms with E-state index in [-0.39, 0.29) is 18.4 Å². The summed E-state index contributed by atoms with van der Waals surface area (Å²) in [7, 11) is 0. The molecule has 134 valence electrons. The Bertz CT molecular complexity index is 744. The van der Waals surface area contributed by atoms with Gasteiger partial charge in [-0.3, -0.25) is 9.69 Å².